The molecule has 0 radical (unpaired) electrons. The molecule has 1 fully saturated rings. The molecule has 0 saturated carbocycles. The Labute approximate surface area is 83.5 Å². The molecule has 78 valence electrons. The number of carboxylic acids is 1. The Hall–Kier alpha value is -1.12. The van der Waals surface area contributed by atoms with Crippen LogP contribution in [0.4, 0.5) is 0 Å². The normalized spacial score (nSPS) is 19.1. The van der Waals surface area contributed by atoms with Gasteiger partial charge in [0.2, 0.25) is 0 Å². The molecule has 0 aromatic rings. The number of rotatable bonds is 4. The van der Waals surface area contributed by atoms with Crippen molar-refractivity contribution < 1.29 is 9.90 Å². The minimum absolute atomic E-state index is 0.207. The average Bonchev–Trinajstić information content (AvgIpc) is 2.17. The summed E-state index contributed by atoms with van der Waals surface area (Å²) >= 11 is 0. The van der Waals surface area contributed by atoms with Gasteiger partial charge in [-0.3, -0.25) is 9.69 Å². The number of nitrogens with zero attached hydrogens (tertiary/aromatic N) is 3. The summed E-state index contributed by atoms with van der Waals surface area (Å²) in [7, 11) is 0. The third-order valence-electron chi connectivity index (χ3n) is 2.40. The van der Waals surface area contributed by atoms with Crippen LogP contribution in [0.15, 0.2) is 0 Å². The maximum absolute atomic E-state index is 10.3. The van der Waals surface area contributed by atoms with Crippen molar-refractivity contribution in [1.82, 2.24) is 9.80 Å². The molecule has 0 atom stereocenters. The van der Waals surface area contributed by atoms with Crippen molar-refractivity contribution in [3.63, 3.8) is 0 Å². The van der Waals surface area contributed by atoms with E-state index in [-0.39, 0.29) is 6.42 Å². The lowest BCUT2D eigenvalue weighted by Gasteiger charge is -2.32. The van der Waals surface area contributed by atoms with Crippen molar-refractivity contribution in [3.05, 3.63) is 0 Å². The highest BCUT2D eigenvalue weighted by atomic mass is 16.4. The Kier molecular flexibility index (Phi) is 4.36. The van der Waals surface area contributed by atoms with E-state index in [4.69, 9.17) is 10.4 Å². The summed E-state index contributed by atoms with van der Waals surface area (Å²) in [6.07, 6.45) is 0.207. The fourth-order valence-corrected chi connectivity index (χ4v) is 1.52. The van der Waals surface area contributed by atoms with Gasteiger partial charge in [0, 0.05) is 32.7 Å². The zero-order valence-electron chi connectivity index (χ0n) is 8.15. The summed E-state index contributed by atoms with van der Waals surface area (Å²) in [5.74, 6) is -0.746. The van der Waals surface area contributed by atoms with Crippen LogP contribution in [0.25, 0.3) is 0 Å². The molecule has 1 heterocycles. The molecule has 0 aromatic heterocycles. The van der Waals surface area contributed by atoms with Gasteiger partial charge in [0.05, 0.1) is 19.0 Å². The molecule has 1 saturated heterocycles. The van der Waals surface area contributed by atoms with Crippen LogP contribution in [0.3, 0.4) is 0 Å². The molecular weight excluding hydrogens is 182 g/mol. The highest BCUT2D eigenvalue weighted by Crippen LogP contribution is 2.01. The first kappa shape index (κ1) is 11.0. The molecule has 0 aliphatic carbocycles. The number of hydrogen-bond acceptors (Lipinski definition) is 4. The molecular formula is C9H15N3O2. The van der Waals surface area contributed by atoms with Gasteiger partial charge in [-0.05, 0) is 0 Å². The predicted octanol–water partition coefficient (Wildman–Crippen LogP) is -0.398. The van der Waals surface area contributed by atoms with Crippen LogP contribution in [0.5, 0.6) is 0 Å². The van der Waals surface area contributed by atoms with E-state index < -0.39 is 5.97 Å². The number of aliphatic carboxylic acids is 1. The van der Waals surface area contributed by atoms with E-state index in [1.165, 1.54) is 0 Å². The summed E-state index contributed by atoms with van der Waals surface area (Å²) in [5, 5.41) is 17.0. The number of hydrogen-bond donors (Lipinski definition) is 1. The third kappa shape index (κ3) is 3.73. The molecule has 14 heavy (non-hydrogen) atoms. The van der Waals surface area contributed by atoms with Crippen molar-refractivity contribution in [2.45, 2.75) is 6.42 Å². The molecule has 5 heteroatoms. The molecule has 1 aliphatic rings. The lowest BCUT2D eigenvalue weighted by Crippen LogP contribution is -2.46. The summed E-state index contributed by atoms with van der Waals surface area (Å²) in [4.78, 5) is 14.5. The molecule has 1 aliphatic heterocycles. The van der Waals surface area contributed by atoms with Crippen molar-refractivity contribution in [3.8, 4) is 6.07 Å². The quantitative estimate of drug-likeness (QED) is 0.621. The number of carbonyl (C=O) groups is 1. The van der Waals surface area contributed by atoms with E-state index in [1.807, 2.05) is 0 Å². The van der Waals surface area contributed by atoms with Crippen LogP contribution in [0, 0.1) is 11.3 Å². The number of piperazine rings is 1. The summed E-state index contributed by atoms with van der Waals surface area (Å²) in [5.41, 5.74) is 0. The van der Waals surface area contributed by atoms with Gasteiger partial charge in [0.15, 0.2) is 0 Å². The molecule has 0 bridgehead atoms. The van der Waals surface area contributed by atoms with Gasteiger partial charge in [-0.25, -0.2) is 0 Å². The van der Waals surface area contributed by atoms with Gasteiger partial charge in [0.25, 0.3) is 0 Å². The third-order valence-corrected chi connectivity index (χ3v) is 2.40. The minimum atomic E-state index is -0.746. The largest absolute Gasteiger partial charge is 0.481 e. The second-order valence-corrected chi connectivity index (χ2v) is 3.42. The minimum Gasteiger partial charge on any atom is -0.481 e. The van der Waals surface area contributed by atoms with Crippen molar-refractivity contribution in [1.29, 1.82) is 5.26 Å². The second-order valence-electron chi connectivity index (χ2n) is 3.42. The summed E-state index contributed by atoms with van der Waals surface area (Å²) in [6, 6.07) is 2.12. The average molecular weight is 197 g/mol. The Morgan fingerprint density at radius 1 is 1.29 bits per heavy atom. The Morgan fingerprint density at radius 3 is 2.36 bits per heavy atom. The van der Waals surface area contributed by atoms with Crippen LogP contribution in [0.2, 0.25) is 0 Å². The lowest BCUT2D eigenvalue weighted by atomic mass is 10.3. The molecule has 0 aromatic carbocycles. The summed E-state index contributed by atoms with van der Waals surface area (Å²) < 4.78 is 0. The number of carboxylic acid groups (broad SMARTS) is 1. The first-order chi connectivity index (χ1) is 6.72. The molecule has 1 N–H and O–H groups in total. The van der Waals surface area contributed by atoms with Crippen molar-refractivity contribution in [2.24, 2.45) is 0 Å². The topological polar surface area (TPSA) is 67.6 Å². The second kappa shape index (κ2) is 5.58. The Bertz CT molecular complexity index is 229. The summed E-state index contributed by atoms with van der Waals surface area (Å²) in [6.45, 7) is 4.58. The van der Waals surface area contributed by atoms with E-state index in [0.717, 1.165) is 26.2 Å². The monoisotopic (exact) mass is 197 g/mol. The fraction of sp³-hybridized carbons (Fsp3) is 0.778. The maximum atomic E-state index is 10.3. The van der Waals surface area contributed by atoms with Crippen LogP contribution >= 0.6 is 0 Å². The molecule has 0 amide bonds. The highest BCUT2D eigenvalue weighted by Gasteiger charge is 2.16. The number of nitriles is 1. The van der Waals surface area contributed by atoms with Gasteiger partial charge >= 0.3 is 5.97 Å². The van der Waals surface area contributed by atoms with Crippen molar-refractivity contribution >= 4 is 5.97 Å². The molecule has 0 spiro atoms. The Morgan fingerprint density at radius 2 is 1.86 bits per heavy atom. The fourth-order valence-electron chi connectivity index (χ4n) is 1.52. The van der Waals surface area contributed by atoms with E-state index in [2.05, 4.69) is 15.9 Å². The van der Waals surface area contributed by atoms with Crippen LogP contribution < -0.4 is 0 Å². The van der Waals surface area contributed by atoms with E-state index in [0.29, 0.717) is 13.1 Å². The highest BCUT2D eigenvalue weighted by molar-refractivity contribution is 5.66. The van der Waals surface area contributed by atoms with Gasteiger partial charge < -0.3 is 10.0 Å². The maximum Gasteiger partial charge on any atom is 0.304 e. The van der Waals surface area contributed by atoms with Gasteiger partial charge in [-0.2, -0.15) is 5.26 Å². The van der Waals surface area contributed by atoms with Gasteiger partial charge in [-0.15, -0.1) is 0 Å². The lowest BCUT2D eigenvalue weighted by molar-refractivity contribution is -0.137. The molecule has 5 nitrogen and oxygen atoms in total. The first-order valence-electron chi connectivity index (χ1n) is 4.76. The van der Waals surface area contributed by atoms with E-state index in [1.54, 1.807) is 0 Å². The SMILES string of the molecule is N#CCN1CCN(CCC(=O)O)CC1. The van der Waals surface area contributed by atoms with Gasteiger partial charge in [0.1, 0.15) is 0 Å². The van der Waals surface area contributed by atoms with E-state index >= 15 is 0 Å². The zero-order chi connectivity index (χ0) is 10.4. The zero-order valence-corrected chi connectivity index (χ0v) is 8.15. The predicted molar refractivity (Wildman–Crippen MR) is 50.7 cm³/mol. The smallest absolute Gasteiger partial charge is 0.304 e. The Balaban J connectivity index is 2.16. The molecule has 0 unspecified atom stereocenters. The molecule has 1 rings (SSSR count). The first-order valence-corrected chi connectivity index (χ1v) is 4.76. The van der Waals surface area contributed by atoms with Crippen LogP contribution in [-0.4, -0.2) is 60.1 Å². The standard InChI is InChI=1S/C9H15N3O2/c10-2-4-12-7-5-11(6-8-12)3-1-9(13)14/h1,3-8H2,(H,13,14). The van der Waals surface area contributed by atoms with Crippen molar-refractivity contribution in [2.75, 3.05) is 39.3 Å². The van der Waals surface area contributed by atoms with E-state index in [9.17, 15) is 4.79 Å². The van der Waals surface area contributed by atoms with Gasteiger partial charge in [-0.1, -0.05) is 0 Å². The van der Waals surface area contributed by atoms with Crippen LogP contribution in [0.1, 0.15) is 6.42 Å². The van der Waals surface area contributed by atoms with Crippen LogP contribution in [-0.2, 0) is 4.79 Å².